The van der Waals surface area contributed by atoms with E-state index in [4.69, 9.17) is 0 Å². The van der Waals surface area contributed by atoms with Crippen LogP contribution in [0.5, 0.6) is 0 Å². The first-order valence-corrected chi connectivity index (χ1v) is 17.4. The fourth-order valence-electron chi connectivity index (χ4n) is 4.81. The third-order valence-corrected chi connectivity index (χ3v) is 7.53. The minimum absolute atomic E-state index is 0.0915. The zero-order chi connectivity index (χ0) is 30.1. The van der Waals surface area contributed by atoms with E-state index in [2.05, 4.69) is 55.6 Å². The summed E-state index contributed by atoms with van der Waals surface area (Å²) in [7, 11) is 0. The van der Waals surface area contributed by atoms with Gasteiger partial charge in [0.25, 0.3) is 0 Å². The van der Waals surface area contributed by atoms with Crippen molar-refractivity contribution in [3.63, 3.8) is 0 Å². The molecule has 0 radical (unpaired) electrons. The molecule has 0 bridgehead atoms. The molecule has 238 valence electrons. The van der Waals surface area contributed by atoms with E-state index >= 15 is 0 Å². The topological polar surface area (TPSA) is 69.6 Å². The van der Waals surface area contributed by atoms with Gasteiger partial charge < -0.3 is 15.5 Å². The molecule has 4 heteroatoms. The average molecular weight is 574 g/mol. The van der Waals surface area contributed by atoms with E-state index in [0.717, 1.165) is 51.4 Å². The SMILES string of the molecule is CCCCCC/C=C\C/C=C\CCCCCCCC(=O)NC(CO)C(O)/C=C/CC/C=C/CCCCCCCCC. The number of aliphatic hydroxyl groups excluding tert-OH is 2. The van der Waals surface area contributed by atoms with Crippen molar-refractivity contribution in [3.05, 3.63) is 48.6 Å². The average Bonchev–Trinajstić information content (AvgIpc) is 2.97. The highest BCUT2D eigenvalue weighted by Crippen LogP contribution is 2.10. The second kappa shape index (κ2) is 32.9. The van der Waals surface area contributed by atoms with E-state index in [1.54, 1.807) is 6.08 Å². The number of hydrogen-bond acceptors (Lipinski definition) is 3. The van der Waals surface area contributed by atoms with Crippen LogP contribution in [-0.2, 0) is 4.79 Å². The first-order valence-electron chi connectivity index (χ1n) is 17.4. The minimum Gasteiger partial charge on any atom is -0.394 e. The Morgan fingerprint density at radius 2 is 1.02 bits per heavy atom. The van der Waals surface area contributed by atoms with Crippen molar-refractivity contribution in [1.82, 2.24) is 5.32 Å². The molecule has 0 aliphatic carbocycles. The van der Waals surface area contributed by atoms with Crippen molar-refractivity contribution in [1.29, 1.82) is 0 Å². The summed E-state index contributed by atoms with van der Waals surface area (Å²) < 4.78 is 0. The number of allylic oxidation sites excluding steroid dienone is 7. The highest BCUT2D eigenvalue weighted by atomic mass is 16.3. The van der Waals surface area contributed by atoms with Crippen LogP contribution in [0.25, 0.3) is 0 Å². The summed E-state index contributed by atoms with van der Waals surface area (Å²) in [6, 6.07) is -0.644. The number of hydrogen-bond donors (Lipinski definition) is 3. The summed E-state index contributed by atoms with van der Waals surface area (Å²) in [4.78, 5) is 12.3. The molecule has 0 rings (SSSR count). The molecular formula is C37H67NO3. The van der Waals surface area contributed by atoms with Crippen molar-refractivity contribution in [2.75, 3.05) is 6.61 Å². The number of aliphatic hydroxyl groups is 2. The quantitative estimate of drug-likeness (QED) is 0.0591. The molecule has 41 heavy (non-hydrogen) atoms. The fourth-order valence-corrected chi connectivity index (χ4v) is 4.81. The zero-order valence-corrected chi connectivity index (χ0v) is 27.0. The Morgan fingerprint density at radius 1 is 0.585 bits per heavy atom. The molecule has 2 atom stereocenters. The normalized spacial score (nSPS) is 13.8. The van der Waals surface area contributed by atoms with Gasteiger partial charge in [-0.1, -0.05) is 140 Å². The van der Waals surface area contributed by atoms with E-state index in [1.807, 2.05) is 6.08 Å². The van der Waals surface area contributed by atoms with Crippen LogP contribution in [0.15, 0.2) is 48.6 Å². The van der Waals surface area contributed by atoms with Crippen molar-refractivity contribution in [2.24, 2.45) is 0 Å². The minimum atomic E-state index is -0.866. The molecule has 0 spiro atoms. The van der Waals surface area contributed by atoms with Gasteiger partial charge in [-0.3, -0.25) is 4.79 Å². The Bertz CT molecular complexity index is 667. The van der Waals surface area contributed by atoms with Gasteiger partial charge in [0.15, 0.2) is 0 Å². The molecule has 0 fully saturated rings. The molecule has 1 amide bonds. The maximum Gasteiger partial charge on any atom is 0.220 e. The molecular weight excluding hydrogens is 506 g/mol. The van der Waals surface area contributed by atoms with Crippen LogP contribution < -0.4 is 5.32 Å². The van der Waals surface area contributed by atoms with Gasteiger partial charge in [-0.15, -0.1) is 0 Å². The monoisotopic (exact) mass is 574 g/mol. The van der Waals surface area contributed by atoms with Gasteiger partial charge in [0.1, 0.15) is 0 Å². The predicted octanol–water partition coefficient (Wildman–Crippen LogP) is 10.1. The number of nitrogens with one attached hydrogen (secondary N) is 1. The molecule has 0 saturated carbocycles. The Morgan fingerprint density at radius 3 is 1.59 bits per heavy atom. The second-order valence-corrected chi connectivity index (χ2v) is 11.6. The number of amides is 1. The van der Waals surface area contributed by atoms with E-state index in [-0.39, 0.29) is 12.5 Å². The van der Waals surface area contributed by atoms with Gasteiger partial charge in [-0.25, -0.2) is 0 Å². The molecule has 4 nitrogen and oxygen atoms in total. The van der Waals surface area contributed by atoms with Gasteiger partial charge in [0.2, 0.25) is 5.91 Å². The van der Waals surface area contributed by atoms with Crippen LogP contribution in [0.1, 0.15) is 162 Å². The van der Waals surface area contributed by atoms with Crippen LogP contribution in [0, 0.1) is 0 Å². The molecule has 0 saturated heterocycles. The van der Waals surface area contributed by atoms with Crippen LogP contribution >= 0.6 is 0 Å². The lowest BCUT2D eigenvalue weighted by Gasteiger charge is -2.19. The van der Waals surface area contributed by atoms with Crippen molar-refractivity contribution in [3.8, 4) is 0 Å². The molecule has 0 heterocycles. The molecule has 0 aromatic rings. The van der Waals surface area contributed by atoms with Gasteiger partial charge in [-0.2, -0.15) is 0 Å². The second-order valence-electron chi connectivity index (χ2n) is 11.6. The highest BCUT2D eigenvalue weighted by molar-refractivity contribution is 5.76. The Labute approximate surface area is 254 Å². The number of carbonyl (C=O) groups excluding carboxylic acids is 1. The highest BCUT2D eigenvalue weighted by Gasteiger charge is 2.17. The van der Waals surface area contributed by atoms with Crippen LogP contribution in [0.4, 0.5) is 0 Å². The first kappa shape index (κ1) is 39.4. The van der Waals surface area contributed by atoms with E-state index in [9.17, 15) is 15.0 Å². The smallest absolute Gasteiger partial charge is 0.220 e. The Balaban J connectivity index is 3.74. The molecule has 0 aliphatic heterocycles. The van der Waals surface area contributed by atoms with Crippen molar-refractivity contribution < 1.29 is 15.0 Å². The van der Waals surface area contributed by atoms with Crippen molar-refractivity contribution in [2.45, 2.75) is 174 Å². The molecule has 0 aliphatic rings. The lowest BCUT2D eigenvalue weighted by molar-refractivity contribution is -0.123. The zero-order valence-electron chi connectivity index (χ0n) is 27.0. The van der Waals surface area contributed by atoms with Gasteiger partial charge >= 0.3 is 0 Å². The number of carbonyl (C=O) groups is 1. The third kappa shape index (κ3) is 29.6. The summed E-state index contributed by atoms with van der Waals surface area (Å²) in [5, 5.41) is 22.8. The summed E-state index contributed by atoms with van der Waals surface area (Å²) in [6.45, 7) is 4.24. The van der Waals surface area contributed by atoms with E-state index in [0.29, 0.717) is 6.42 Å². The van der Waals surface area contributed by atoms with Gasteiger partial charge in [-0.05, 0) is 64.2 Å². The molecule has 0 aromatic heterocycles. The van der Waals surface area contributed by atoms with Crippen LogP contribution in [0.2, 0.25) is 0 Å². The summed E-state index contributed by atoms with van der Waals surface area (Å²) in [5.74, 6) is -0.0915. The van der Waals surface area contributed by atoms with Crippen LogP contribution in [-0.4, -0.2) is 34.9 Å². The fraction of sp³-hybridized carbons (Fsp3) is 0.757. The maximum atomic E-state index is 12.3. The number of rotatable bonds is 30. The first-order chi connectivity index (χ1) is 20.2. The summed E-state index contributed by atoms with van der Waals surface area (Å²) in [6.07, 6.45) is 43.3. The van der Waals surface area contributed by atoms with E-state index < -0.39 is 12.1 Å². The summed E-state index contributed by atoms with van der Waals surface area (Å²) >= 11 is 0. The predicted molar refractivity (Wildman–Crippen MR) is 179 cm³/mol. The van der Waals surface area contributed by atoms with Gasteiger partial charge in [0.05, 0.1) is 18.8 Å². The standard InChI is InChI=1S/C37H67NO3/c1-3-5-7-9-11-13-15-17-18-19-21-23-25-27-29-31-33-37(41)38-35(34-39)36(40)32-30-28-26-24-22-20-16-14-12-10-8-6-4-2/h13,15,18-19,22,24,30,32,35-36,39-40H,3-12,14,16-17,20-21,23,25-29,31,33-34H2,1-2H3,(H,38,41)/b15-13-,19-18-,24-22+,32-30+. The number of unbranched alkanes of at least 4 members (excludes halogenated alkanes) is 17. The lowest BCUT2D eigenvalue weighted by atomic mass is 10.1. The molecule has 3 N–H and O–H groups in total. The summed E-state index contributed by atoms with van der Waals surface area (Å²) in [5.41, 5.74) is 0. The third-order valence-electron chi connectivity index (χ3n) is 7.53. The largest absolute Gasteiger partial charge is 0.394 e. The van der Waals surface area contributed by atoms with E-state index in [1.165, 1.54) is 89.9 Å². The maximum absolute atomic E-state index is 12.3. The van der Waals surface area contributed by atoms with Crippen molar-refractivity contribution >= 4 is 5.91 Å². The molecule has 0 aromatic carbocycles. The Kier molecular flexibility index (Phi) is 31.5. The Hall–Kier alpha value is -1.65. The van der Waals surface area contributed by atoms with Gasteiger partial charge in [0, 0.05) is 6.42 Å². The lowest BCUT2D eigenvalue weighted by Crippen LogP contribution is -2.45. The van der Waals surface area contributed by atoms with Crippen LogP contribution in [0.3, 0.4) is 0 Å². The molecule has 2 unspecified atom stereocenters.